The van der Waals surface area contributed by atoms with Gasteiger partial charge in [0.2, 0.25) is 0 Å². The molecule has 0 saturated heterocycles. The maximum atomic E-state index is 12.0. The van der Waals surface area contributed by atoms with Crippen LogP contribution in [0.3, 0.4) is 0 Å². The number of hydrogen-bond acceptors (Lipinski definition) is 3. The van der Waals surface area contributed by atoms with Crippen LogP contribution in [0.1, 0.15) is 10.4 Å². The normalized spacial score (nSPS) is 11.5. The van der Waals surface area contributed by atoms with E-state index >= 15 is 0 Å². The van der Waals surface area contributed by atoms with Gasteiger partial charge in [-0.05, 0) is 24.3 Å². The van der Waals surface area contributed by atoms with Gasteiger partial charge in [0.25, 0.3) is 0 Å². The minimum atomic E-state index is -4.82. The molecule has 0 atom stereocenters. The summed E-state index contributed by atoms with van der Waals surface area (Å²) in [4.78, 5) is 14.8. The molecule has 18 heavy (non-hydrogen) atoms. The van der Waals surface area contributed by atoms with E-state index in [1.807, 2.05) is 0 Å². The number of ether oxygens (including phenoxy) is 1. The summed E-state index contributed by atoms with van der Waals surface area (Å²) in [7, 11) is 0. The third-order valence-electron chi connectivity index (χ3n) is 2.18. The van der Waals surface area contributed by atoms with Gasteiger partial charge in [0.1, 0.15) is 5.75 Å². The van der Waals surface area contributed by atoms with E-state index in [0.29, 0.717) is 0 Å². The average Bonchev–Trinajstić information content (AvgIpc) is 2.25. The highest BCUT2D eigenvalue weighted by molar-refractivity contribution is 6.02. The number of hydrogen-bond donors (Lipinski definition) is 1. The third-order valence-corrected chi connectivity index (χ3v) is 2.18. The second-order valence-electron chi connectivity index (χ2n) is 3.39. The van der Waals surface area contributed by atoms with Crippen LogP contribution in [0.25, 0.3) is 10.9 Å². The van der Waals surface area contributed by atoms with E-state index in [1.54, 1.807) is 0 Å². The first-order valence-electron chi connectivity index (χ1n) is 4.74. The predicted molar refractivity (Wildman–Crippen MR) is 55.4 cm³/mol. The van der Waals surface area contributed by atoms with Crippen LogP contribution in [0.15, 0.2) is 30.5 Å². The van der Waals surface area contributed by atoms with E-state index in [2.05, 4.69) is 9.72 Å². The van der Waals surface area contributed by atoms with Crippen LogP contribution in [0.2, 0.25) is 0 Å². The molecule has 0 spiro atoms. The lowest BCUT2D eigenvalue weighted by Gasteiger charge is -2.09. The number of carboxylic acid groups (broad SMARTS) is 1. The van der Waals surface area contributed by atoms with Crippen LogP contribution in [-0.4, -0.2) is 22.4 Å². The van der Waals surface area contributed by atoms with Gasteiger partial charge in [-0.3, -0.25) is 4.98 Å². The van der Waals surface area contributed by atoms with E-state index in [-0.39, 0.29) is 16.5 Å². The quantitative estimate of drug-likeness (QED) is 0.898. The maximum absolute atomic E-state index is 12.0. The Morgan fingerprint density at radius 3 is 2.61 bits per heavy atom. The molecule has 0 radical (unpaired) electrons. The monoisotopic (exact) mass is 257 g/mol. The highest BCUT2D eigenvalue weighted by Crippen LogP contribution is 2.27. The second kappa shape index (κ2) is 4.17. The van der Waals surface area contributed by atoms with E-state index in [1.165, 1.54) is 18.3 Å². The van der Waals surface area contributed by atoms with Gasteiger partial charge in [-0.15, -0.1) is 13.2 Å². The van der Waals surface area contributed by atoms with Crippen molar-refractivity contribution >= 4 is 16.9 Å². The molecule has 0 aliphatic carbocycles. The molecule has 1 heterocycles. The average molecular weight is 257 g/mol. The molecule has 2 aromatic rings. The van der Waals surface area contributed by atoms with Crippen molar-refractivity contribution in [1.82, 2.24) is 4.98 Å². The Morgan fingerprint density at radius 1 is 1.28 bits per heavy atom. The lowest BCUT2D eigenvalue weighted by atomic mass is 10.1. The Balaban J connectivity index is 2.55. The number of aromatic nitrogens is 1. The molecule has 4 nitrogen and oxygen atoms in total. The fourth-order valence-electron chi connectivity index (χ4n) is 1.51. The summed E-state index contributed by atoms with van der Waals surface area (Å²) in [6.45, 7) is 0. The largest absolute Gasteiger partial charge is 0.573 e. The van der Waals surface area contributed by atoms with Crippen molar-refractivity contribution < 1.29 is 27.8 Å². The fraction of sp³-hybridized carbons (Fsp3) is 0.0909. The molecular formula is C11H6F3NO3. The van der Waals surface area contributed by atoms with Crippen LogP contribution in [0.4, 0.5) is 13.2 Å². The summed E-state index contributed by atoms with van der Waals surface area (Å²) < 4.78 is 39.9. The molecule has 2 rings (SSSR count). The van der Waals surface area contributed by atoms with Crippen molar-refractivity contribution in [2.45, 2.75) is 6.36 Å². The summed E-state index contributed by atoms with van der Waals surface area (Å²) >= 11 is 0. The first kappa shape index (κ1) is 12.2. The topological polar surface area (TPSA) is 59.4 Å². The smallest absolute Gasteiger partial charge is 0.478 e. The fourth-order valence-corrected chi connectivity index (χ4v) is 1.51. The minimum absolute atomic E-state index is 0.0896. The standard InChI is InChI=1S/C11H6F3NO3/c12-11(13,14)18-6-1-2-9-8(5-6)7(10(16)17)3-4-15-9/h1-5H,(H,16,17). The van der Waals surface area contributed by atoms with Crippen molar-refractivity contribution in [3.05, 3.63) is 36.0 Å². The van der Waals surface area contributed by atoms with Crippen LogP contribution >= 0.6 is 0 Å². The molecule has 0 bridgehead atoms. The van der Waals surface area contributed by atoms with Gasteiger partial charge < -0.3 is 9.84 Å². The number of nitrogens with zero attached hydrogens (tertiary/aromatic N) is 1. The van der Waals surface area contributed by atoms with Crippen LogP contribution < -0.4 is 4.74 Å². The first-order valence-corrected chi connectivity index (χ1v) is 4.74. The highest BCUT2D eigenvalue weighted by atomic mass is 19.4. The van der Waals surface area contributed by atoms with Gasteiger partial charge in [-0.2, -0.15) is 0 Å². The number of fused-ring (bicyclic) bond motifs is 1. The molecule has 7 heteroatoms. The SMILES string of the molecule is O=C(O)c1ccnc2ccc(OC(F)(F)F)cc12. The zero-order valence-electron chi connectivity index (χ0n) is 8.73. The van der Waals surface area contributed by atoms with Crippen LogP contribution in [0, 0.1) is 0 Å². The number of aromatic carboxylic acids is 1. The summed E-state index contributed by atoms with van der Waals surface area (Å²) in [6, 6.07) is 4.55. The summed E-state index contributed by atoms with van der Waals surface area (Å²) in [5, 5.41) is 9.01. The molecule has 0 saturated carbocycles. The van der Waals surface area contributed by atoms with E-state index in [0.717, 1.165) is 12.1 Å². The van der Waals surface area contributed by atoms with E-state index < -0.39 is 18.1 Å². The number of benzene rings is 1. The zero-order valence-corrected chi connectivity index (χ0v) is 8.73. The highest BCUT2D eigenvalue weighted by Gasteiger charge is 2.31. The van der Waals surface area contributed by atoms with Crippen molar-refractivity contribution in [2.75, 3.05) is 0 Å². The van der Waals surface area contributed by atoms with Crippen molar-refractivity contribution in [1.29, 1.82) is 0 Å². The summed E-state index contributed by atoms with van der Waals surface area (Å²) in [5.41, 5.74) is 0.150. The van der Waals surface area contributed by atoms with Gasteiger partial charge in [-0.1, -0.05) is 0 Å². The number of carboxylic acids is 1. The molecule has 1 N–H and O–H groups in total. The van der Waals surface area contributed by atoms with Gasteiger partial charge in [0.15, 0.2) is 0 Å². The van der Waals surface area contributed by atoms with Gasteiger partial charge >= 0.3 is 12.3 Å². The van der Waals surface area contributed by atoms with Crippen molar-refractivity contribution in [3.63, 3.8) is 0 Å². The third kappa shape index (κ3) is 2.50. The van der Waals surface area contributed by atoms with Gasteiger partial charge in [-0.25, -0.2) is 4.79 Å². The molecular weight excluding hydrogens is 251 g/mol. The maximum Gasteiger partial charge on any atom is 0.573 e. The number of alkyl halides is 3. The van der Waals surface area contributed by atoms with Crippen LogP contribution in [-0.2, 0) is 0 Å². The number of halogens is 3. The van der Waals surface area contributed by atoms with Crippen LogP contribution in [0.5, 0.6) is 5.75 Å². The minimum Gasteiger partial charge on any atom is -0.478 e. The number of pyridine rings is 1. The predicted octanol–water partition coefficient (Wildman–Crippen LogP) is 2.83. The molecule has 94 valence electrons. The Hall–Kier alpha value is -2.31. The van der Waals surface area contributed by atoms with E-state index in [4.69, 9.17) is 5.11 Å². The zero-order chi connectivity index (χ0) is 13.3. The second-order valence-corrected chi connectivity index (χ2v) is 3.39. The Kier molecular flexibility index (Phi) is 2.82. The summed E-state index contributed by atoms with van der Waals surface area (Å²) in [6.07, 6.45) is -3.55. The molecule has 1 aromatic carbocycles. The first-order chi connectivity index (χ1) is 8.37. The number of rotatable bonds is 2. The molecule has 0 fully saturated rings. The van der Waals surface area contributed by atoms with Crippen molar-refractivity contribution in [3.8, 4) is 5.75 Å². The number of carbonyl (C=O) groups is 1. The molecule has 0 aliphatic heterocycles. The van der Waals surface area contributed by atoms with Gasteiger partial charge in [0.05, 0.1) is 11.1 Å². The molecule has 1 aromatic heterocycles. The Morgan fingerprint density at radius 2 is 2.00 bits per heavy atom. The van der Waals surface area contributed by atoms with Gasteiger partial charge in [0, 0.05) is 11.6 Å². The molecule has 0 unspecified atom stereocenters. The lowest BCUT2D eigenvalue weighted by Crippen LogP contribution is -2.17. The van der Waals surface area contributed by atoms with Crippen molar-refractivity contribution in [2.24, 2.45) is 0 Å². The Labute approximate surface area is 98.6 Å². The molecule has 0 aliphatic rings. The Bertz CT molecular complexity index is 610. The lowest BCUT2D eigenvalue weighted by molar-refractivity contribution is -0.274. The summed E-state index contributed by atoms with van der Waals surface area (Å²) in [5.74, 6) is -1.72. The van der Waals surface area contributed by atoms with E-state index in [9.17, 15) is 18.0 Å². The molecule has 0 amide bonds.